The minimum Gasteiger partial charge on any atom is -0.386 e. The van der Waals surface area contributed by atoms with E-state index in [4.69, 9.17) is 4.84 Å². The third-order valence-electron chi connectivity index (χ3n) is 4.50. The normalized spacial score (nSPS) is 13.1. The maximum Gasteiger partial charge on any atom is 0.166 e. The highest BCUT2D eigenvalue weighted by molar-refractivity contribution is 6.00. The molecular weight excluding hydrogens is 336 g/mol. The van der Waals surface area contributed by atoms with Gasteiger partial charge in [0, 0.05) is 24.8 Å². The second kappa shape index (κ2) is 9.31. The number of benzene rings is 1. The predicted octanol–water partition coefficient (Wildman–Crippen LogP) is 5.12. The Morgan fingerprint density at radius 1 is 1.22 bits per heavy atom. The van der Waals surface area contributed by atoms with Crippen molar-refractivity contribution >= 4 is 17.7 Å². The van der Waals surface area contributed by atoms with Gasteiger partial charge in [-0.15, -0.1) is 0 Å². The van der Waals surface area contributed by atoms with E-state index in [0.29, 0.717) is 0 Å². The first-order valence-corrected chi connectivity index (χ1v) is 9.31. The standard InChI is InChI=1S/C22H30N4O/c1-8-26(7)14-23-22-13-15(2)20(12-16(22)3)18(5)25-27-19(6)21-11-9-10-17(4)24-21/h9-14,19H,8H2,1-7H3/b23-14-,25-18+. The lowest BCUT2D eigenvalue weighted by Crippen LogP contribution is -2.14. The molecule has 1 aromatic heterocycles. The second-order valence-electron chi connectivity index (χ2n) is 6.90. The van der Waals surface area contributed by atoms with Crippen LogP contribution in [0.2, 0.25) is 0 Å². The molecule has 0 aliphatic carbocycles. The van der Waals surface area contributed by atoms with Crippen LogP contribution in [0.15, 0.2) is 40.5 Å². The Hall–Kier alpha value is -2.69. The first-order chi connectivity index (χ1) is 12.8. The maximum atomic E-state index is 5.71. The lowest BCUT2D eigenvalue weighted by molar-refractivity contribution is 0.0692. The number of pyridine rings is 1. The highest BCUT2D eigenvalue weighted by Crippen LogP contribution is 2.24. The second-order valence-corrected chi connectivity index (χ2v) is 6.90. The molecule has 0 saturated carbocycles. The molecule has 144 valence electrons. The van der Waals surface area contributed by atoms with Gasteiger partial charge in [-0.1, -0.05) is 11.2 Å². The fourth-order valence-electron chi connectivity index (χ4n) is 2.62. The molecule has 0 fully saturated rings. The number of hydrogen-bond acceptors (Lipinski definition) is 4. The van der Waals surface area contributed by atoms with Gasteiger partial charge in [-0.2, -0.15) is 0 Å². The summed E-state index contributed by atoms with van der Waals surface area (Å²) in [6, 6.07) is 10.1. The van der Waals surface area contributed by atoms with Crippen LogP contribution in [0.5, 0.6) is 0 Å². The Labute approximate surface area is 162 Å². The molecule has 0 bridgehead atoms. The molecule has 1 aromatic carbocycles. The van der Waals surface area contributed by atoms with E-state index >= 15 is 0 Å². The monoisotopic (exact) mass is 366 g/mol. The molecule has 1 atom stereocenters. The molecule has 0 saturated heterocycles. The maximum absolute atomic E-state index is 5.71. The summed E-state index contributed by atoms with van der Waals surface area (Å²) in [4.78, 5) is 16.8. The fourth-order valence-corrected chi connectivity index (χ4v) is 2.62. The van der Waals surface area contributed by atoms with Crippen molar-refractivity contribution in [2.45, 2.75) is 47.6 Å². The van der Waals surface area contributed by atoms with Gasteiger partial charge in [-0.05, 0) is 76.9 Å². The van der Waals surface area contributed by atoms with E-state index < -0.39 is 0 Å². The SMILES string of the molecule is CCN(C)/C=N\c1cc(C)c(/C(C)=N/OC(C)c2cccc(C)n2)cc1C. The van der Waals surface area contributed by atoms with E-state index in [-0.39, 0.29) is 6.10 Å². The van der Waals surface area contributed by atoms with E-state index in [0.717, 1.165) is 46.0 Å². The largest absolute Gasteiger partial charge is 0.386 e. The van der Waals surface area contributed by atoms with Crippen LogP contribution >= 0.6 is 0 Å². The van der Waals surface area contributed by atoms with Crippen molar-refractivity contribution in [3.8, 4) is 0 Å². The van der Waals surface area contributed by atoms with Crippen LogP contribution in [0.3, 0.4) is 0 Å². The van der Waals surface area contributed by atoms with Gasteiger partial charge in [0.1, 0.15) is 0 Å². The Morgan fingerprint density at radius 2 is 1.96 bits per heavy atom. The Kier molecular flexibility index (Phi) is 7.11. The predicted molar refractivity (Wildman–Crippen MR) is 113 cm³/mol. The van der Waals surface area contributed by atoms with E-state index in [1.54, 1.807) is 0 Å². The van der Waals surface area contributed by atoms with Crippen molar-refractivity contribution in [3.63, 3.8) is 0 Å². The lowest BCUT2D eigenvalue weighted by atomic mass is 10.0. The highest BCUT2D eigenvalue weighted by Gasteiger charge is 2.10. The molecule has 0 amide bonds. The van der Waals surface area contributed by atoms with Crippen LogP contribution in [-0.2, 0) is 4.84 Å². The van der Waals surface area contributed by atoms with Gasteiger partial charge in [0.05, 0.1) is 23.4 Å². The fraction of sp³-hybridized carbons (Fsp3) is 0.409. The summed E-state index contributed by atoms with van der Waals surface area (Å²) in [6.07, 6.45) is 1.66. The van der Waals surface area contributed by atoms with Crippen molar-refractivity contribution in [1.82, 2.24) is 9.88 Å². The lowest BCUT2D eigenvalue weighted by Gasteiger charge is -2.13. The molecule has 0 radical (unpaired) electrons. The van der Waals surface area contributed by atoms with Crippen LogP contribution < -0.4 is 0 Å². The molecule has 0 N–H and O–H groups in total. The van der Waals surface area contributed by atoms with Crippen molar-refractivity contribution in [2.75, 3.05) is 13.6 Å². The molecule has 1 heterocycles. The van der Waals surface area contributed by atoms with E-state index in [1.165, 1.54) is 0 Å². The number of rotatable bonds is 7. The molecule has 5 nitrogen and oxygen atoms in total. The summed E-state index contributed by atoms with van der Waals surface area (Å²) < 4.78 is 0. The summed E-state index contributed by atoms with van der Waals surface area (Å²) >= 11 is 0. The molecule has 27 heavy (non-hydrogen) atoms. The average Bonchev–Trinajstić information content (AvgIpc) is 2.65. The van der Waals surface area contributed by atoms with Crippen molar-refractivity contribution in [2.24, 2.45) is 10.1 Å². The van der Waals surface area contributed by atoms with Gasteiger partial charge >= 0.3 is 0 Å². The third kappa shape index (κ3) is 5.64. The summed E-state index contributed by atoms with van der Waals surface area (Å²) in [7, 11) is 2.01. The highest BCUT2D eigenvalue weighted by atomic mass is 16.6. The quantitative estimate of drug-likeness (QED) is 0.388. The van der Waals surface area contributed by atoms with Crippen LogP contribution in [0.1, 0.15) is 55.0 Å². The van der Waals surface area contributed by atoms with Gasteiger partial charge < -0.3 is 9.74 Å². The topological polar surface area (TPSA) is 50.1 Å². The molecule has 5 heteroatoms. The number of oxime groups is 1. The number of hydrogen-bond donors (Lipinski definition) is 0. The van der Waals surface area contributed by atoms with Crippen LogP contribution in [0, 0.1) is 20.8 Å². The average molecular weight is 367 g/mol. The van der Waals surface area contributed by atoms with Crippen molar-refractivity contribution < 1.29 is 4.84 Å². The number of aliphatic imine (C=N–C) groups is 1. The Balaban J connectivity index is 2.18. The van der Waals surface area contributed by atoms with Crippen LogP contribution in [0.25, 0.3) is 0 Å². The molecule has 0 aliphatic heterocycles. The number of aryl methyl sites for hydroxylation is 3. The van der Waals surface area contributed by atoms with Gasteiger partial charge in [0.25, 0.3) is 0 Å². The summed E-state index contributed by atoms with van der Waals surface area (Å²) in [5.41, 5.74) is 6.97. The third-order valence-corrected chi connectivity index (χ3v) is 4.50. The molecule has 0 spiro atoms. The van der Waals surface area contributed by atoms with Crippen LogP contribution in [-0.4, -0.2) is 35.5 Å². The van der Waals surface area contributed by atoms with Gasteiger partial charge in [0.2, 0.25) is 0 Å². The number of aromatic nitrogens is 1. The minimum absolute atomic E-state index is 0.199. The Bertz CT molecular complexity index is 842. The van der Waals surface area contributed by atoms with Gasteiger partial charge in [-0.3, -0.25) is 4.98 Å². The van der Waals surface area contributed by atoms with E-state index in [9.17, 15) is 0 Å². The minimum atomic E-state index is -0.199. The molecule has 2 aromatic rings. The van der Waals surface area contributed by atoms with E-state index in [1.807, 2.05) is 57.3 Å². The zero-order valence-electron chi connectivity index (χ0n) is 17.4. The van der Waals surface area contributed by atoms with E-state index in [2.05, 4.69) is 48.0 Å². The van der Waals surface area contributed by atoms with Crippen molar-refractivity contribution in [1.29, 1.82) is 0 Å². The smallest absolute Gasteiger partial charge is 0.166 e. The first-order valence-electron chi connectivity index (χ1n) is 9.31. The molecule has 0 aliphatic rings. The summed E-state index contributed by atoms with van der Waals surface area (Å²) in [5.74, 6) is 0. The zero-order chi connectivity index (χ0) is 20.0. The summed E-state index contributed by atoms with van der Waals surface area (Å²) in [5, 5.41) is 4.35. The summed E-state index contributed by atoms with van der Waals surface area (Å²) in [6.45, 7) is 13.1. The van der Waals surface area contributed by atoms with Gasteiger partial charge in [0.15, 0.2) is 6.10 Å². The van der Waals surface area contributed by atoms with Crippen LogP contribution in [0.4, 0.5) is 5.69 Å². The van der Waals surface area contributed by atoms with Crippen molar-refractivity contribution in [3.05, 3.63) is 58.4 Å². The molecular formula is C22H30N4O. The van der Waals surface area contributed by atoms with Gasteiger partial charge in [-0.25, -0.2) is 4.99 Å². The first kappa shape index (κ1) is 20.6. The zero-order valence-corrected chi connectivity index (χ0v) is 17.4. The number of nitrogens with zero attached hydrogens (tertiary/aromatic N) is 4. The molecule has 2 rings (SSSR count). The molecule has 1 unspecified atom stereocenters. The Morgan fingerprint density at radius 3 is 2.63 bits per heavy atom.